The zero-order chi connectivity index (χ0) is 45.6. The summed E-state index contributed by atoms with van der Waals surface area (Å²) in [5, 5.41) is 21.7. The minimum absolute atomic E-state index is 0.229. The molecule has 1 saturated heterocycles. The highest BCUT2D eigenvalue weighted by Crippen LogP contribution is 2.64. The van der Waals surface area contributed by atoms with E-state index in [4.69, 9.17) is 22.4 Å². The van der Waals surface area contributed by atoms with Crippen molar-refractivity contribution in [1.82, 2.24) is 17.5 Å². The first-order chi connectivity index (χ1) is 30.7. The first-order valence-corrected chi connectivity index (χ1v) is 26.1. The molecule has 5 aromatic rings. The lowest BCUT2D eigenvalue weighted by Crippen LogP contribution is -2.41. The van der Waals surface area contributed by atoms with Crippen LogP contribution in [0.2, 0.25) is 0 Å². The van der Waals surface area contributed by atoms with Crippen LogP contribution in [0, 0.1) is 11.6 Å². The Morgan fingerprint density at radius 2 is 0.906 bits per heavy atom. The third-order valence-corrected chi connectivity index (χ3v) is 16.7. The molecule has 0 spiro atoms. The number of rotatable bonds is 22. The highest BCUT2D eigenvalue weighted by Gasteiger charge is 2.57. The largest absolute Gasteiger partial charge is 0.497 e. The molecule has 1 fully saturated rings. The van der Waals surface area contributed by atoms with Gasteiger partial charge in [0.05, 0.1) is 34.7 Å². The van der Waals surface area contributed by atoms with Gasteiger partial charge in [0, 0.05) is 55.1 Å². The molecular weight excluding hydrogens is 844 g/mol. The Hall–Kier alpha value is -2.87. The Kier molecular flexibility index (Phi) is 14.2. The van der Waals surface area contributed by atoms with E-state index >= 15 is 8.78 Å². The normalized spacial score (nSPS) is 17.4. The molecule has 3 heterocycles. The van der Waals surface area contributed by atoms with Crippen molar-refractivity contribution in [3.05, 3.63) is 46.0 Å². The molecule has 344 valence electrons. The van der Waals surface area contributed by atoms with E-state index < -0.39 is 36.3 Å². The predicted molar refractivity (Wildman–Crippen MR) is 261 cm³/mol. The van der Waals surface area contributed by atoms with Gasteiger partial charge in [0.15, 0.2) is 0 Å². The van der Waals surface area contributed by atoms with Crippen molar-refractivity contribution in [2.75, 3.05) is 0 Å². The smallest absolute Gasteiger partial charge is 0.423 e. The van der Waals surface area contributed by atoms with Crippen molar-refractivity contribution in [1.29, 1.82) is 0 Å². The summed E-state index contributed by atoms with van der Waals surface area (Å²) < 4.78 is 71.5. The van der Waals surface area contributed by atoms with E-state index in [1.165, 1.54) is 0 Å². The SMILES string of the molecule is CCCCCCC1(CCCCCC)c2cc(B(O)O)c3nsnc3c2-c2c(F)c3c(c(F)c21)-c1c(cc(B2OC(C)(C)C(C)(C)O2)c2nsnc12)C3(CCCCCC)CCCCCC. The number of aromatic nitrogens is 4. The average molecular weight is 913 g/mol. The first-order valence-electron chi connectivity index (χ1n) is 24.6. The van der Waals surface area contributed by atoms with Gasteiger partial charge in [-0.15, -0.1) is 0 Å². The monoisotopic (exact) mass is 912 g/mol. The molecule has 14 heteroatoms. The van der Waals surface area contributed by atoms with Gasteiger partial charge in [-0.05, 0) is 64.5 Å². The Morgan fingerprint density at radius 3 is 1.31 bits per heavy atom. The minimum Gasteiger partial charge on any atom is -0.423 e. The number of hydrogen-bond donors (Lipinski definition) is 2. The summed E-state index contributed by atoms with van der Waals surface area (Å²) in [6, 6.07) is 3.95. The third-order valence-electron chi connectivity index (χ3n) is 15.6. The van der Waals surface area contributed by atoms with E-state index in [2.05, 4.69) is 38.1 Å². The van der Waals surface area contributed by atoms with Crippen LogP contribution in [0.5, 0.6) is 0 Å². The second-order valence-electron chi connectivity index (χ2n) is 20.2. The van der Waals surface area contributed by atoms with Crippen molar-refractivity contribution in [3.63, 3.8) is 0 Å². The predicted octanol–water partition coefficient (Wildman–Crippen LogP) is 12.4. The van der Waals surface area contributed by atoms with Crippen LogP contribution >= 0.6 is 23.5 Å². The highest BCUT2D eigenvalue weighted by molar-refractivity contribution is 7.00. The van der Waals surface area contributed by atoms with Crippen molar-refractivity contribution in [3.8, 4) is 22.3 Å². The maximum absolute atomic E-state index is 19.4. The van der Waals surface area contributed by atoms with Crippen molar-refractivity contribution >= 4 is 70.7 Å². The number of benzene rings is 3. The van der Waals surface area contributed by atoms with Crippen LogP contribution in [0.4, 0.5) is 8.78 Å². The van der Waals surface area contributed by atoms with Crippen LogP contribution in [-0.2, 0) is 20.1 Å². The van der Waals surface area contributed by atoms with E-state index in [1.54, 1.807) is 0 Å². The Labute approximate surface area is 388 Å². The molecule has 0 bridgehead atoms. The van der Waals surface area contributed by atoms with Crippen LogP contribution in [-0.4, -0.2) is 53.0 Å². The number of unbranched alkanes of at least 4 members (excludes halogenated alkanes) is 12. The summed E-state index contributed by atoms with van der Waals surface area (Å²) in [6.45, 7) is 16.9. The summed E-state index contributed by atoms with van der Waals surface area (Å²) in [5.74, 6) is -0.780. The second kappa shape index (κ2) is 19.0. The minimum atomic E-state index is -1.83. The standard InChI is InChI=1S/C50H68B2F2N4O4S2/c1-9-13-17-21-25-49(26-22-18-14-10-2)31-29-33(51(59)60)43-45(57-63-55-43)35(31)37-39(49)42(54)38-36-32(50(40(38)41(37)53,27-23-19-15-11-3)28-24-20-16-12-4)30-34(44-46(36)58-64-56-44)52-61-47(5,6)48(7,8)62-52/h29-30,59-60H,9-28H2,1-8H3. The molecule has 0 atom stereocenters. The fourth-order valence-electron chi connectivity index (χ4n) is 11.6. The van der Waals surface area contributed by atoms with Gasteiger partial charge in [-0.3, -0.25) is 0 Å². The van der Waals surface area contributed by atoms with E-state index in [9.17, 15) is 10.0 Å². The Bertz CT molecular complexity index is 2450. The lowest BCUT2D eigenvalue weighted by Gasteiger charge is -2.35. The van der Waals surface area contributed by atoms with E-state index in [0.29, 0.717) is 75.6 Å². The summed E-state index contributed by atoms with van der Waals surface area (Å²) in [5.41, 5.74) is 4.13. The number of nitrogens with zero attached hydrogens (tertiary/aromatic N) is 4. The van der Waals surface area contributed by atoms with Gasteiger partial charge in [-0.1, -0.05) is 143 Å². The number of fused-ring (bicyclic) bond motifs is 10. The molecule has 8 nitrogen and oxygen atoms in total. The fourth-order valence-corrected chi connectivity index (χ4v) is 12.7. The summed E-state index contributed by atoms with van der Waals surface area (Å²) in [4.78, 5) is 0. The molecule has 64 heavy (non-hydrogen) atoms. The van der Waals surface area contributed by atoms with Crippen molar-refractivity contribution in [2.24, 2.45) is 0 Å². The van der Waals surface area contributed by atoms with Crippen LogP contribution in [0.25, 0.3) is 44.3 Å². The molecule has 0 radical (unpaired) electrons. The second-order valence-corrected chi connectivity index (χ2v) is 21.3. The van der Waals surface area contributed by atoms with E-state index in [1.807, 2.05) is 33.8 Å². The number of halogens is 2. The molecule has 0 unspecified atom stereocenters. The fraction of sp³-hybridized carbons (Fsp3) is 0.640. The molecule has 2 aromatic heterocycles. The molecule has 0 amide bonds. The quantitative estimate of drug-likeness (QED) is 0.0522. The zero-order valence-corrected chi connectivity index (χ0v) is 41.2. The summed E-state index contributed by atoms with van der Waals surface area (Å²) >= 11 is 2.06. The van der Waals surface area contributed by atoms with E-state index in [0.717, 1.165) is 143 Å². The lowest BCUT2D eigenvalue weighted by molar-refractivity contribution is 0.00578. The molecule has 2 aliphatic carbocycles. The third kappa shape index (κ3) is 7.79. The van der Waals surface area contributed by atoms with Gasteiger partial charge in [-0.2, -0.15) is 17.5 Å². The van der Waals surface area contributed by atoms with Gasteiger partial charge in [-0.25, -0.2) is 8.78 Å². The number of hydrogen-bond acceptors (Lipinski definition) is 10. The molecule has 8 rings (SSSR count). The van der Waals surface area contributed by atoms with Gasteiger partial charge < -0.3 is 19.4 Å². The topological polar surface area (TPSA) is 110 Å². The van der Waals surface area contributed by atoms with Crippen molar-refractivity contribution in [2.45, 2.75) is 206 Å². The molecule has 0 saturated carbocycles. The van der Waals surface area contributed by atoms with Crippen LogP contribution in [0.3, 0.4) is 0 Å². The van der Waals surface area contributed by atoms with Gasteiger partial charge in [0.1, 0.15) is 33.7 Å². The highest BCUT2D eigenvalue weighted by atomic mass is 32.1. The Morgan fingerprint density at radius 1 is 0.531 bits per heavy atom. The van der Waals surface area contributed by atoms with Gasteiger partial charge >= 0.3 is 14.2 Å². The van der Waals surface area contributed by atoms with Crippen LogP contribution in [0.15, 0.2) is 12.1 Å². The summed E-state index contributed by atoms with van der Waals surface area (Å²) in [6.07, 6.45) is 18.1. The molecule has 3 aliphatic rings. The van der Waals surface area contributed by atoms with Crippen LogP contribution < -0.4 is 10.9 Å². The zero-order valence-electron chi connectivity index (χ0n) is 39.5. The maximum atomic E-state index is 19.4. The van der Waals surface area contributed by atoms with Crippen molar-refractivity contribution < 1.29 is 28.1 Å². The molecule has 2 N–H and O–H groups in total. The molecule has 3 aromatic carbocycles. The molecular formula is C50H68B2F2N4O4S2. The molecule has 1 aliphatic heterocycles. The van der Waals surface area contributed by atoms with Gasteiger partial charge in [0.25, 0.3) is 0 Å². The Balaban J connectivity index is 1.48. The van der Waals surface area contributed by atoms with Crippen LogP contribution in [0.1, 0.15) is 206 Å². The van der Waals surface area contributed by atoms with Gasteiger partial charge in [0.2, 0.25) is 0 Å². The van der Waals surface area contributed by atoms with E-state index in [-0.39, 0.29) is 22.7 Å². The average Bonchev–Trinajstić information content (AvgIpc) is 4.08. The maximum Gasteiger partial charge on any atom is 0.497 e. The summed E-state index contributed by atoms with van der Waals surface area (Å²) in [7, 11) is -2.57. The lowest BCUT2D eigenvalue weighted by atomic mass is 9.67. The first kappa shape index (κ1) is 47.6.